The van der Waals surface area contributed by atoms with Gasteiger partial charge in [0.1, 0.15) is 5.82 Å². The van der Waals surface area contributed by atoms with E-state index in [0.29, 0.717) is 0 Å². The van der Waals surface area contributed by atoms with E-state index in [1.165, 1.54) is 0 Å². The number of rotatable bonds is 4. The molecule has 1 aromatic heterocycles. The summed E-state index contributed by atoms with van der Waals surface area (Å²) in [6.45, 7) is 6.55. The first kappa shape index (κ1) is 13.8. The highest BCUT2D eigenvalue weighted by atomic mass is 16.3. The maximum absolute atomic E-state index is 9.60. The van der Waals surface area contributed by atoms with E-state index in [0.717, 1.165) is 28.7 Å². The fourth-order valence-corrected chi connectivity index (χ4v) is 2.08. The van der Waals surface area contributed by atoms with Crippen LogP contribution in [0.1, 0.15) is 32.8 Å². The second kappa shape index (κ2) is 5.17. The largest absolute Gasteiger partial charge is 0.392 e. The van der Waals surface area contributed by atoms with Crippen LogP contribution >= 0.6 is 0 Å². The van der Waals surface area contributed by atoms with Crippen molar-refractivity contribution in [3.63, 3.8) is 0 Å². The lowest BCUT2D eigenvalue weighted by molar-refractivity contribution is 0.281. The number of anilines is 1. The van der Waals surface area contributed by atoms with Crippen LogP contribution in [0, 0.1) is 0 Å². The molecule has 19 heavy (non-hydrogen) atoms. The number of para-hydroxylation sites is 1. The number of fused-ring (bicyclic) bond motifs is 1. The molecule has 0 saturated carbocycles. The molecule has 0 amide bonds. The summed E-state index contributed by atoms with van der Waals surface area (Å²) >= 11 is 0. The summed E-state index contributed by atoms with van der Waals surface area (Å²) in [5.74, 6) is 0.869. The minimum Gasteiger partial charge on any atom is -0.392 e. The highest BCUT2D eigenvalue weighted by Gasteiger charge is 2.24. The fraction of sp³-hybridized carbons (Fsp3) is 0.438. The van der Waals surface area contributed by atoms with Crippen LogP contribution in [0.15, 0.2) is 30.3 Å². The molecular formula is C16H22N2O. The molecule has 0 radical (unpaired) electrons. The van der Waals surface area contributed by atoms with E-state index in [9.17, 15) is 5.11 Å². The van der Waals surface area contributed by atoms with E-state index < -0.39 is 0 Å². The lowest BCUT2D eigenvalue weighted by Gasteiger charge is -2.37. The van der Waals surface area contributed by atoms with Crippen molar-refractivity contribution < 1.29 is 5.11 Å². The van der Waals surface area contributed by atoms with Crippen molar-refractivity contribution in [2.75, 3.05) is 11.9 Å². The van der Waals surface area contributed by atoms with Gasteiger partial charge in [-0.2, -0.15) is 0 Å². The summed E-state index contributed by atoms with van der Waals surface area (Å²) in [5, 5.41) is 10.7. The highest BCUT2D eigenvalue weighted by molar-refractivity contribution is 5.81. The van der Waals surface area contributed by atoms with Crippen molar-refractivity contribution in [1.82, 2.24) is 4.98 Å². The number of pyridine rings is 1. The molecule has 1 aromatic carbocycles. The Hall–Kier alpha value is -1.61. The summed E-state index contributed by atoms with van der Waals surface area (Å²) < 4.78 is 0. The van der Waals surface area contributed by atoms with E-state index in [1.807, 2.05) is 37.4 Å². The van der Waals surface area contributed by atoms with Crippen LogP contribution in [-0.2, 0) is 6.61 Å². The summed E-state index contributed by atoms with van der Waals surface area (Å²) in [6, 6.07) is 10.0. The molecule has 0 fully saturated rings. The average molecular weight is 258 g/mol. The Kier molecular flexibility index (Phi) is 3.76. The van der Waals surface area contributed by atoms with Gasteiger partial charge in [-0.15, -0.1) is 0 Å². The third kappa shape index (κ3) is 2.56. The van der Waals surface area contributed by atoms with Gasteiger partial charge in [-0.3, -0.25) is 0 Å². The van der Waals surface area contributed by atoms with E-state index >= 15 is 0 Å². The zero-order valence-electron chi connectivity index (χ0n) is 12.1. The Morgan fingerprint density at radius 2 is 1.95 bits per heavy atom. The summed E-state index contributed by atoms with van der Waals surface area (Å²) in [5.41, 5.74) is 1.86. The van der Waals surface area contributed by atoms with Gasteiger partial charge < -0.3 is 10.0 Å². The van der Waals surface area contributed by atoms with Crippen LogP contribution in [0.25, 0.3) is 10.9 Å². The number of aromatic nitrogens is 1. The molecule has 0 unspecified atom stereocenters. The van der Waals surface area contributed by atoms with Gasteiger partial charge in [-0.1, -0.05) is 25.1 Å². The minimum absolute atomic E-state index is 0.0112. The molecule has 3 nitrogen and oxygen atoms in total. The topological polar surface area (TPSA) is 36.4 Å². The van der Waals surface area contributed by atoms with Crippen molar-refractivity contribution in [3.05, 3.63) is 35.9 Å². The normalized spacial score (nSPS) is 11.8. The number of nitrogens with zero attached hydrogens (tertiary/aromatic N) is 2. The summed E-state index contributed by atoms with van der Waals surface area (Å²) in [4.78, 5) is 6.88. The maximum Gasteiger partial charge on any atom is 0.135 e. The second-order valence-electron chi connectivity index (χ2n) is 5.55. The number of aliphatic hydroxyl groups excluding tert-OH is 1. The van der Waals surface area contributed by atoms with Crippen molar-refractivity contribution in [2.24, 2.45) is 0 Å². The first-order chi connectivity index (χ1) is 8.99. The van der Waals surface area contributed by atoms with Gasteiger partial charge in [0.2, 0.25) is 0 Å². The highest BCUT2D eigenvalue weighted by Crippen LogP contribution is 2.29. The van der Waals surface area contributed by atoms with Crippen LogP contribution in [0.3, 0.4) is 0 Å². The van der Waals surface area contributed by atoms with Gasteiger partial charge >= 0.3 is 0 Å². The van der Waals surface area contributed by atoms with Crippen molar-refractivity contribution in [1.29, 1.82) is 0 Å². The molecule has 0 bridgehead atoms. The summed E-state index contributed by atoms with van der Waals surface area (Å²) in [7, 11) is 2.04. The van der Waals surface area contributed by atoms with E-state index in [1.54, 1.807) is 0 Å². The molecule has 1 N–H and O–H groups in total. The van der Waals surface area contributed by atoms with Gasteiger partial charge in [0.25, 0.3) is 0 Å². The molecular weight excluding hydrogens is 236 g/mol. The smallest absolute Gasteiger partial charge is 0.135 e. The molecule has 1 heterocycles. The van der Waals surface area contributed by atoms with E-state index in [-0.39, 0.29) is 12.1 Å². The molecule has 0 saturated heterocycles. The van der Waals surface area contributed by atoms with Crippen molar-refractivity contribution >= 4 is 16.7 Å². The number of hydrogen-bond acceptors (Lipinski definition) is 3. The predicted octanol–water partition coefficient (Wildman–Crippen LogP) is 3.35. The van der Waals surface area contributed by atoms with Crippen LogP contribution in [0.4, 0.5) is 5.82 Å². The molecule has 0 aliphatic heterocycles. The lowest BCUT2D eigenvalue weighted by atomic mass is 9.99. The minimum atomic E-state index is 0.0112. The fourth-order valence-electron chi connectivity index (χ4n) is 2.08. The Morgan fingerprint density at radius 3 is 2.58 bits per heavy atom. The first-order valence-electron chi connectivity index (χ1n) is 6.73. The van der Waals surface area contributed by atoms with Crippen LogP contribution in [0.5, 0.6) is 0 Å². The lowest BCUT2D eigenvalue weighted by Crippen LogP contribution is -2.41. The number of aliphatic hydroxyl groups is 1. The van der Waals surface area contributed by atoms with Crippen LogP contribution < -0.4 is 4.90 Å². The monoisotopic (exact) mass is 258 g/mol. The number of hydrogen-bond donors (Lipinski definition) is 1. The van der Waals surface area contributed by atoms with E-state index in [4.69, 9.17) is 4.98 Å². The Bertz CT molecular complexity index is 578. The van der Waals surface area contributed by atoms with E-state index in [2.05, 4.69) is 25.7 Å². The zero-order chi connectivity index (χ0) is 14.0. The summed E-state index contributed by atoms with van der Waals surface area (Å²) in [6.07, 6.45) is 1.02. The van der Waals surface area contributed by atoms with Gasteiger partial charge in [0.15, 0.2) is 0 Å². The second-order valence-corrected chi connectivity index (χ2v) is 5.55. The first-order valence-corrected chi connectivity index (χ1v) is 6.73. The van der Waals surface area contributed by atoms with Gasteiger partial charge in [-0.05, 0) is 32.4 Å². The predicted molar refractivity (Wildman–Crippen MR) is 80.4 cm³/mol. The standard InChI is InChI=1S/C16H22N2O/c1-5-16(2,3)18(4)15-13(11-19)10-12-8-6-7-9-14(12)17-15/h6-10,19H,5,11H2,1-4H3. The van der Waals surface area contributed by atoms with Crippen molar-refractivity contribution in [3.8, 4) is 0 Å². The molecule has 2 rings (SSSR count). The van der Waals surface area contributed by atoms with Gasteiger partial charge in [-0.25, -0.2) is 4.98 Å². The molecule has 0 spiro atoms. The van der Waals surface area contributed by atoms with Gasteiger partial charge in [0.05, 0.1) is 12.1 Å². The van der Waals surface area contributed by atoms with Crippen molar-refractivity contribution in [2.45, 2.75) is 39.3 Å². The molecule has 3 heteroatoms. The third-order valence-corrected chi connectivity index (χ3v) is 4.04. The molecule has 0 aliphatic rings. The van der Waals surface area contributed by atoms with Crippen LogP contribution in [0.2, 0.25) is 0 Å². The molecule has 102 valence electrons. The zero-order valence-corrected chi connectivity index (χ0v) is 12.1. The van der Waals surface area contributed by atoms with Crippen LogP contribution in [-0.4, -0.2) is 22.7 Å². The quantitative estimate of drug-likeness (QED) is 0.913. The Balaban J connectivity index is 2.58. The number of benzene rings is 1. The Morgan fingerprint density at radius 1 is 1.26 bits per heavy atom. The third-order valence-electron chi connectivity index (χ3n) is 4.04. The molecule has 0 aliphatic carbocycles. The van der Waals surface area contributed by atoms with Gasteiger partial charge in [0, 0.05) is 23.5 Å². The SMILES string of the molecule is CCC(C)(C)N(C)c1nc2ccccc2cc1CO. The Labute approximate surface area is 114 Å². The maximum atomic E-state index is 9.60. The molecule has 0 atom stereocenters. The molecule has 2 aromatic rings. The average Bonchev–Trinajstić information content (AvgIpc) is 2.44.